The summed E-state index contributed by atoms with van der Waals surface area (Å²) in [4.78, 5) is 11.9. The summed E-state index contributed by atoms with van der Waals surface area (Å²) in [5, 5.41) is 14.2. The zero-order valence-corrected chi connectivity index (χ0v) is 10.3. The molecule has 1 aromatic rings. The lowest BCUT2D eigenvalue weighted by atomic mass is 10.2. The highest BCUT2D eigenvalue weighted by Gasteiger charge is 2.13. The molecule has 5 nitrogen and oxygen atoms in total. The van der Waals surface area contributed by atoms with Gasteiger partial charge in [0.1, 0.15) is 0 Å². The Bertz CT molecular complexity index is 497. The first-order chi connectivity index (χ1) is 8.65. The van der Waals surface area contributed by atoms with Gasteiger partial charge in [0.05, 0.1) is 4.92 Å². The van der Waals surface area contributed by atoms with Crippen LogP contribution < -0.4 is 5.32 Å². The predicted molar refractivity (Wildman–Crippen MR) is 69.2 cm³/mol. The molecule has 0 radical (unpaired) electrons. The molecule has 0 saturated heterocycles. The van der Waals surface area contributed by atoms with Gasteiger partial charge in [0.2, 0.25) is 0 Å². The van der Waals surface area contributed by atoms with E-state index in [1.165, 1.54) is 0 Å². The highest BCUT2D eigenvalue weighted by molar-refractivity contribution is 6.30. The number of benzene rings is 1. The molecule has 0 atom stereocenters. The van der Waals surface area contributed by atoms with Crippen LogP contribution in [0.5, 0.6) is 0 Å². The van der Waals surface area contributed by atoms with Crippen LogP contribution in [0.4, 0.5) is 0 Å². The number of hydrogen-bond donors (Lipinski definition) is 1. The number of nitrogens with zero attached hydrogens (tertiary/aromatic N) is 2. The molecule has 0 aromatic heterocycles. The Labute approximate surface area is 110 Å². The first-order valence-electron chi connectivity index (χ1n) is 5.42. The first-order valence-corrected chi connectivity index (χ1v) is 5.80. The third-order valence-electron chi connectivity index (χ3n) is 2.49. The van der Waals surface area contributed by atoms with Crippen molar-refractivity contribution in [3.8, 4) is 0 Å². The summed E-state index contributed by atoms with van der Waals surface area (Å²) in [5.41, 5.74) is 1.03. The topological polar surface area (TPSA) is 58.4 Å². The van der Waals surface area contributed by atoms with Crippen LogP contribution in [0, 0.1) is 10.1 Å². The van der Waals surface area contributed by atoms with Gasteiger partial charge in [0.15, 0.2) is 5.82 Å². The van der Waals surface area contributed by atoms with Crippen LogP contribution in [0.25, 0.3) is 0 Å². The van der Waals surface area contributed by atoms with Gasteiger partial charge < -0.3 is 10.2 Å². The lowest BCUT2D eigenvalue weighted by Gasteiger charge is -2.25. The van der Waals surface area contributed by atoms with Crippen LogP contribution in [0.15, 0.2) is 48.6 Å². The number of hydrogen-bond acceptors (Lipinski definition) is 4. The predicted octanol–water partition coefficient (Wildman–Crippen LogP) is 2.33. The maximum absolute atomic E-state index is 10.5. The quantitative estimate of drug-likeness (QED) is 0.673. The van der Waals surface area contributed by atoms with Crippen LogP contribution >= 0.6 is 11.6 Å². The molecular formula is C12H12ClN3O2. The fourth-order valence-corrected chi connectivity index (χ4v) is 1.80. The maximum Gasteiger partial charge on any atom is 0.274 e. The molecule has 1 heterocycles. The van der Waals surface area contributed by atoms with E-state index in [0.717, 1.165) is 11.8 Å². The molecule has 18 heavy (non-hydrogen) atoms. The molecule has 1 aromatic carbocycles. The zero-order chi connectivity index (χ0) is 13.0. The van der Waals surface area contributed by atoms with Crippen LogP contribution in [-0.2, 0) is 6.54 Å². The van der Waals surface area contributed by atoms with E-state index in [4.69, 9.17) is 11.6 Å². The van der Waals surface area contributed by atoms with E-state index in [0.29, 0.717) is 23.9 Å². The third-order valence-corrected chi connectivity index (χ3v) is 2.74. The van der Waals surface area contributed by atoms with Crippen molar-refractivity contribution in [1.82, 2.24) is 10.2 Å². The molecule has 1 N–H and O–H groups in total. The lowest BCUT2D eigenvalue weighted by Crippen LogP contribution is -2.32. The Balaban J connectivity index is 2.15. The molecule has 0 spiro atoms. The Morgan fingerprint density at radius 1 is 1.44 bits per heavy atom. The minimum Gasteiger partial charge on any atom is -0.363 e. The second-order valence-electron chi connectivity index (χ2n) is 3.82. The van der Waals surface area contributed by atoms with Gasteiger partial charge in [0.25, 0.3) is 6.20 Å². The minimum atomic E-state index is -0.462. The molecule has 0 fully saturated rings. The summed E-state index contributed by atoms with van der Waals surface area (Å²) >= 11 is 5.81. The molecule has 6 heteroatoms. The average Bonchev–Trinajstić information content (AvgIpc) is 2.34. The summed E-state index contributed by atoms with van der Waals surface area (Å²) in [6.07, 6.45) is 4.72. The smallest absolute Gasteiger partial charge is 0.274 e. The highest BCUT2D eigenvalue weighted by atomic mass is 35.5. The Hall–Kier alpha value is -2.01. The van der Waals surface area contributed by atoms with Gasteiger partial charge >= 0.3 is 0 Å². The second kappa shape index (κ2) is 5.55. The molecular weight excluding hydrogens is 254 g/mol. The van der Waals surface area contributed by atoms with Gasteiger partial charge in [-0.1, -0.05) is 23.7 Å². The molecule has 0 saturated carbocycles. The summed E-state index contributed by atoms with van der Waals surface area (Å²) in [6, 6.07) is 7.40. The van der Waals surface area contributed by atoms with Gasteiger partial charge in [0, 0.05) is 24.3 Å². The fourth-order valence-electron chi connectivity index (χ4n) is 1.67. The van der Waals surface area contributed by atoms with E-state index >= 15 is 0 Å². The standard InChI is InChI=1S/C12H12ClN3O2/c13-11-4-2-10(3-5-11)8-15-7-1-6-14-12(15)9-16(17)18/h1-5,7,9,14H,6,8H2. The van der Waals surface area contributed by atoms with Crippen LogP contribution in [0.2, 0.25) is 5.02 Å². The van der Waals surface area contributed by atoms with E-state index in [-0.39, 0.29) is 0 Å². The van der Waals surface area contributed by atoms with Gasteiger partial charge in [-0.25, -0.2) is 0 Å². The SMILES string of the molecule is O=[N+]([O-])C=C1NCC=CN1Cc1ccc(Cl)cc1. The number of halogens is 1. The summed E-state index contributed by atoms with van der Waals surface area (Å²) in [7, 11) is 0. The average molecular weight is 266 g/mol. The van der Waals surface area contributed by atoms with Crippen LogP contribution in [-0.4, -0.2) is 16.4 Å². The monoisotopic (exact) mass is 265 g/mol. The maximum atomic E-state index is 10.5. The summed E-state index contributed by atoms with van der Waals surface area (Å²) in [6.45, 7) is 1.15. The van der Waals surface area contributed by atoms with E-state index in [1.807, 2.05) is 24.4 Å². The molecule has 0 aliphatic carbocycles. The molecule has 0 unspecified atom stereocenters. The van der Waals surface area contributed by atoms with Gasteiger partial charge in [-0.2, -0.15) is 0 Å². The molecule has 2 rings (SSSR count). The second-order valence-corrected chi connectivity index (χ2v) is 4.26. The van der Waals surface area contributed by atoms with E-state index in [1.54, 1.807) is 17.0 Å². The van der Waals surface area contributed by atoms with Crippen molar-refractivity contribution in [2.45, 2.75) is 6.54 Å². The van der Waals surface area contributed by atoms with Crippen molar-refractivity contribution in [2.24, 2.45) is 0 Å². The van der Waals surface area contributed by atoms with Crippen molar-refractivity contribution >= 4 is 11.6 Å². The van der Waals surface area contributed by atoms with Crippen molar-refractivity contribution in [3.63, 3.8) is 0 Å². The van der Waals surface area contributed by atoms with Gasteiger partial charge in [-0.3, -0.25) is 10.1 Å². The molecule has 1 aliphatic rings. The Kier molecular flexibility index (Phi) is 3.84. The number of nitrogens with one attached hydrogen (secondary N) is 1. The summed E-state index contributed by atoms with van der Waals surface area (Å²) in [5.74, 6) is 0.484. The zero-order valence-electron chi connectivity index (χ0n) is 9.54. The van der Waals surface area contributed by atoms with Crippen molar-refractivity contribution in [3.05, 3.63) is 69.3 Å². The van der Waals surface area contributed by atoms with Gasteiger partial charge in [-0.15, -0.1) is 0 Å². The molecule has 0 amide bonds. The Morgan fingerprint density at radius 3 is 2.83 bits per heavy atom. The van der Waals surface area contributed by atoms with E-state index in [2.05, 4.69) is 5.32 Å². The minimum absolute atomic E-state index is 0.462. The highest BCUT2D eigenvalue weighted by Crippen LogP contribution is 2.15. The Morgan fingerprint density at radius 2 is 2.17 bits per heavy atom. The molecule has 0 bridgehead atoms. The van der Waals surface area contributed by atoms with Crippen molar-refractivity contribution < 1.29 is 4.92 Å². The van der Waals surface area contributed by atoms with Crippen molar-refractivity contribution in [2.75, 3.05) is 6.54 Å². The number of nitro groups is 1. The van der Waals surface area contributed by atoms with Gasteiger partial charge in [-0.05, 0) is 23.8 Å². The lowest BCUT2D eigenvalue weighted by molar-refractivity contribution is -0.404. The normalized spacial score (nSPS) is 16.7. The van der Waals surface area contributed by atoms with Crippen molar-refractivity contribution in [1.29, 1.82) is 0 Å². The molecule has 1 aliphatic heterocycles. The van der Waals surface area contributed by atoms with Crippen LogP contribution in [0.3, 0.4) is 0 Å². The fraction of sp³-hybridized carbons (Fsp3) is 0.167. The van der Waals surface area contributed by atoms with Crippen LogP contribution in [0.1, 0.15) is 5.56 Å². The summed E-state index contributed by atoms with van der Waals surface area (Å²) < 4.78 is 0. The largest absolute Gasteiger partial charge is 0.363 e. The molecule has 94 valence electrons. The van der Waals surface area contributed by atoms with E-state index < -0.39 is 4.92 Å². The van der Waals surface area contributed by atoms with E-state index in [9.17, 15) is 10.1 Å². The third kappa shape index (κ3) is 3.24. The number of rotatable bonds is 3. The first kappa shape index (κ1) is 12.4.